The van der Waals surface area contributed by atoms with Gasteiger partial charge in [-0.15, -0.1) is 0 Å². The van der Waals surface area contributed by atoms with E-state index >= 15 is 0 Å². The van der Waals surface area contributed by atoms with Crippen LogP contribution in [0, 0.1) is 0 Å². The van der Waals surface area contributed by atoms with Crippen molar-refractivity contribution in [3.8, 4) is 0 Å². The van der Waals surface area contributed by atoms with Crippen LogP contribution in [-0.4, -0.2) is 49.7 Å². The fourth-order valence-corrected chi connectivity index (χ4v) is 2.90. The Kier molecular flexibility index (Phi) is 4.85. The summed E-state index contributed by atoms with van der Waals surface area (Å²) in [6, 6.07) is 8.11. The van der Waals surface area contributed by atoms with Crippen LogP contribution >= 0.6 is 0 Å². The molecule has 1 aromatic carbocycles. The molecule has 0 radical (unpaired) electrons. The molecular formula is C16H23N3O2. The molecule has 1 atom stereocenters. The maximum absolute atomic E-state index is 12.1. The number of anilines is 1. The number of hydrogen-bond acceptors (Lipinski definition) is 4. The van der Waals surface area contributed by atoms with E-state index in [0.29, 0.717) is 13.2 Å². The maximum atomic E-state index is 12.1. The quantitative estimate of drug-likeness (QED) is 0.875. The van der Waals surface area contributed by atoms with Gasteiger partial charge in [-0.2, -0.15) is 0 Å². The molecule has 0 aliphatic carbocycles. The lowest BCUT2D eigenvalue weighted by atomic mass is 10.2. The van der Waals surface area contributed by atoms with Crippen molar-refractivity contribution in [1.82, 2.24) is 10.2 Å². The molecule has 2 aliphatic rings. The summed E-state index contributed by atoms with van der Waals surface area (Å²) < 4.78 is 5.47. The third-order valence-corrected chi connectivity index (χ3v) is 4.02. The number of amides is 1. The van der Waals surface area contributed by atoms with Crippen LogP contribution < -0.4 is 10.6 Å². The lowest BCUT2D eigenvalue weighted by Gasteiger charge is -2.23. The monoisotopic (exact) mass is 289 g/mol. The van der Waals surface area contributed by atoms with E-state index < -0.39 is 0 Å². The molecule has 0 aromatic heterocycles. The first-order chi connectivity index (χ1) is 10.3. The molecule has 1 amide bonds. The number of carbonyl (C=O) groups excluding carboxylic acids is 1. The summed E-state index contributed by atoms with van der Waals surface area (Å²) in [5, 5.41) is 6.12. The lowest BCUT2D eigenvalue weighted by molar-refractivity contribution is -0.128. The average molecular weight is 289 g/mol. The van der Waals surface area contributed by atoms with Crippen molar-refractivity contribution >= 4 is 11.6 Å². The number of rotatable bonds is 4. The number of ether oxygens (including phenoxy) is 1. The van der Waals surface area contributed by atoms with Crippen molar-refractivity contribution in [1.29, 1.82) is 0 Å². The van der Waals surface area contributed by atoms with Crippen LogP contribution in [0.25, 0.3) is 0 Å². The number of benzene rings is 1. The Morgan fingerprint density at radius 3 is 3.00 bits per heavy atom. The lowest BCUT2D eigenvalue weighted by Crippen LogP contribution is -2.45. The van der Waals surface area contributed by atoms with Gasteiger partial charge < -0.3 is 15.4 Å². The van der Waals surface area contributed by atoms with Gasteiger partial charge in [-0.1, -0.05) is 12.1 Å². The van der Waals surface area contributed by atoms with Gasteiger partial charge in [0, 0.05) is 25.3 Å². The largest absolute Gasteiger partial charge is 0.366 e. The first-order valence-electron chi connectivity index (χ1n) is 7.76. The summed E-state index contributed by atoms with van der Waals surface area (Å²) in [7, 11) is 0. The van der Waals surface area contributed by atoms with Crippen LogP contribution in [0.5, 0.6) is 0 Å². The smallest absolute Gasteiger partial charge is 0.254 e. The Morgan fingerprint density at radius 1 is 1.38 bits per heavy atom. The van der Waals surface area contributed by atoms with E-state index in [9.17, 15) is 4.79 Å². The van der Waals surface area contributed by atoms with Gasteiger partial charge in [-0.25, -0.2) is 0 Å². The van der Waals surface area contributed by atoms with E-state index in [-0.39, 0.29) is 12.0 Å². The minimum Gasteiger partial charge on any atom is -0.366 e. The van der Waals surface area contributed by atoms with Crippen molar-refractivity contribution in [2.24, 2.45) is 0 Å². The Morgan fingerprint density at radius 2 is 2.24 bits per heavy atom. The van der Waals surface area contributed by atoms with E-state index in [0.717, 1.165) is 18.8 Å². The Bertz CT molecular complexity index is 480. The van der Waals surface area contributed by atoms with Gasteiger partial charge in [0.05, 0.1) is 6.61 Å². The van der Waals surface area contributed by atoms with E-state index in [1.165, 1.54) is 31.5 Å². The fourth-order valence-electron chi connectivity index (χ4n) is 2.90. The minimum absolute atomic E-state index is 0.0690. The second kappa shape index (κ2) is 7.02. The molecule has 0 spiro atoms. The zero-order valence-corrected chi connectivity index (χ0v) is 12.3. The maximum Gasteiger partial charge on any atom is 0.254 e. The topological polar surface area (TPSA) is 53.6 Å². The van der Waals surface area contributed by atoms with Crippen LogP contribution in [0.1, 0.15) is 18.4 Å². The van der Waals surface area contributed by atoms with Crippen LogP contribution in [0.4, 0.5) is 5.69 Å². The molecule has 2 aliphatic heterocycles. The zero-order valence-electron chi connectivity index (χ0n) is 12.3. The van der Waals surface area contributed by atoms with Gasteiger partial charge >= 0.3 is 0 Å². The van der Waals surface area contributed by atoms with Crippen LogP contribution in [0.15, 0.2) is 24.3 Å². The molecule has 2 heterocycles. The molecular weight excluding hydrogens is 266 g/mol. The van der Waals surface area contributed by atoms with Gasteiger partial charge in [0.25, 0.3) is 5.91 Å². The summed E-state index contributed by atoms with van der Waals surface area (Å²) in [6.45, 7) is 5.31. The van der Waals surface area contributed by atoms with Gasteiger partial charge in [0.15, 0.2) is 0 Å². The van der Waals surface area contributed by atoms with Crippen molar-refractivity contribution in [3.63, 3.8) is 0 Å². The van der Waals surface area contributed by atoms with Gasteiger partial charge in [0.1, 0.15) is 6.10 Å². The van der Waals surface area contributed by atoms with Crippen molar-refractivity contribution in [2.75, 3.05) is 38.1 Å². The molecule has 2 fully saturated rings. The van der Waals surface area contributed by atoms with E-state index in [2.05, 4.69) is 27.7 Å². The predicted molar refractivity (Wildman–Crippen MR) is 82.2 cm³/mol. The molecule has 5 nitrogen and oxygen atoms in total. The molecule has 0 saturated carbocycles. The Hall–Kier alpha value is -1.43. The minimum atomic E-state index is -0.388. The normalized spacial score (nSPS) is 23.1. The van der Waals surface area contributed by atoms with E-state index in [4.69, 9.17) is 4.74 Å². The summed E-state index contributed by atoms with van der Waals surface area (Å²) in [5.74, 6) is -0.0690. The molecule has 5 heteroatoms. The van der Waals surface area contributed by atoms with Crippen molar-refractivity contribution < 1.29 is 9.53 Å². The van der Waals surface area contributed by atoms with Gasteiger partial charge in [0.2, 0.25) is 0 Å². The highest BCUT2D eigenvalue weighted by atomic mass is 16.5. The number of likely N-dealkylation sites (tertiary alicyclic amines) is 1. The fraction of sp³-hybridized carbons (Fsp3) is 0.562. The van der Waals surface area contributed by atoms with E-state index in [1.54, 1.807) is 0 Å². The van der Waals surface area contributed by atoms with Crippen molar-refractivity contribution in [3.05, 3.63) is 29.8 Å². The van der Waals surface area contributed by atoms with E-state index in [1.807, 2.05) is 12.1 Å². The molecule has 2 saturated heterocycles. The van der Waals surface area contributed by atoms with Crippen LogP contribution in [0.3, 0.4) is 0 Å². The first-order valence-corrected chi connectivity index (χ1v) is 7.76. The zero-order chi connectivity index (χ0) is 14.5. The molecule has 0 bridgehead atoms. The third kappa shape index (κ3) is 4.03. The standard InChI is InChI=1S/C16H23N3O2/c20-16(15-11-17-6-9-21-15)18-14-5-3-4-13(10-14)12-19-7-1-2-8-19/h3-5,10,15,17H,1-2,6-9,11-12H2,(H,18,20). The highest BCUT2D eigenvalue weighted by Gasteiger charge is 2.21. The highest BCUT2D eigenvalue weighted by Crippen LogP contribution is 2.16. The van der Waals surface area contributed by atoms with Gasteiger partial charge in [-0.3, -0.25) is 9.69 Å². The van der Waals surface area contributed by atoms with Gasteiger partial charge in [-0.05, 0) is 43.6 Å². The number of hydrogen-bond donors (Lipinski definition) is 2. The summed E-state index contributed by atoms with van der Waals surface area (Å²) >= 11 is 0. The summed E-state index contributed by atoms with van der Waals surface area (Å²) in [5.41, 5.74) is 2.10. The summed E-state index contributed by atoms with van der Waals surface area (Å²) in [4.78, 5) is 14.6. The second-order valence-electron chi connectivity index (χ2n) is 5.74. The summed E-state index contributed by atoms with van der Waals surface area (Å²) in [6.07, 6.45) is 2.20. The van der Waals surface area contributed by atoms with Crippen LogP contribution in [0.2, 0.25) is 0 Å². The Labute approximate surface area is 125 Å². The molecule has 1 unspecified atom stereocenters. The number of nitrogens with one attached hydrogen (secondary N) is 2. The highest BCUT2D eigenvalue weighted by molar-refractivity contribution is 5.94. The SMILES string of the molecule is O=C(Nc1cccc(CN2CCCC2)c1)C1CNCCO1. The second-order valence-corrected chi connectivity index (χ2v) is 5.74. The predicted octanol–water partition coefficient (Wildman–Crippen LogP) is 1.21. The first kappa shape index (κ1) is 14.5. The molecule has 114 valence electrons. The molecule has 2 N–H and O–H groups in total. The number of nitrogens with zero attached hydrogens (tertiary/aromatic N) is 1. The average Bonchev–Trinajstić information content (AvgIpc) is 3.01. The molecule has 3 rings (SSSR count). The molecule has 1 aromatic rings. The Balaban J connectivity index is 1.58. The number of carbonyl (C=O) groups is 1. The molecule has 21 heavy (non-hydrogen) atoms. The van der Waals surface area contributed by atoms with Crippen molar-refractivity contribution in [2.45, 2.75) is 25.5 Å². The third-order valence-electron chi connectivity index (χ3n) is 4.02. The number of morpholine rings is 1. The van der Waals surface area contributed by atoms with Crippen LogP contribution in [-0.2, 0) is 16.1 Å².